The van der Waals surface area contributed by atoms with E-state index >= 15 is 0 Å². The van der Waals surface area contributed by atoms with Crippen molar-refractivity contribution in [1.82, 2.24) is 10.2 Å². The molecule has 0 bridgehead atoms. The number of carbonyl (C=O) groups is 2. The van der Waals surface area contributed by atoms with Gasteiger partial charge in [-0.25, -0.2) is 0 Å². The summed E-state index contributed by atoms with van der Waals surface area (Å²) in [5.74, 6) is 0.173. The molecule has 2 saturated heterocycles. The van der Waals surface area contributed by atoms with Crippen LogP contribution in [0, 0.1) is 17.8 Å². The maximum atomic E-state index is 12.7. The van der Waals surface area contributed by atoms with Crippen molar-refractivity contribution in [3.05, 3.63) is 0 Å². The number of hydrogen-bond acceptors (Lipinski definition) is 3. The highest BCUT2D eigenvalue weighted by Gasteiger charge is 2.33. The first-order chi connectivity index (χ1) is 9.97. The highest BCUT2D eigenvalue weighted by molar-refractivity contribution is 5.79. The molecule has 0 aromatic rings. The smallest absolute Gasteiger partial charge is 0.303 e. The first-order valence-electron chi connectivity index (χ1n) is 8.21. The van der Waals surface area contributed by atoms with Crippen molar-refractivity contribution < 1.29 is 14.7 Å². The maximum absolute atomic E-state index is 12.7. The van der Waals surface area contributed by atoms with Crippen molar-refractivity contribution in [2.75, 3.05) is 19.6 Å². The second-order valence-corrected chi connectivity index (χ2v) is 6.84. The fraction of sp³-hybridized carbons (Fsp3) is 0.875. The van der Waals surface area contributed by atoms with E-state index < -0.39 is 5.97 Å². The van der Waals surface area contributed by atoms with E-state index in [4.69, 9.17) is 5.11 Å². The van der Waals surface area contributed by atoms with Gasteiger partial charge in [-0.2, -0.15) is 0 Å². The number of carbonyl (C=O) groups excluding carboxylic acids is 1. The Labute approximate surface area is 127 Å². The number of aliphatic carboxylic acids is 1. The van der Waals surface area contributed by atoms with Gasteiger partial charge in [0.05, 0.1) is 0 Å². The number of amides is 1. The van der Waals surface area contributed by atoms with Crippen LogP contribution < -0.4 is 5.32 Å². The van der Waals surface area contributed by atoms with Gasteiger partial charge in [0.15, 0.2) is 0 Å². The molecule has 5 nitrogen and oxygen atoms in total. The molecule has 2 heterocycles. The van der Waals surface area contributed by atoms with Crippen LogP contribution >= 0.6 is 0 Å². The van der Waals surface area contributed by atoms with Gasteiger partial charge < -0.3 is 15.3 Å². The van der Waals surface area contributed by atoms with Crippen LogP contribution in [0.25, 0.3) is 0 Å². The van der Waals surface area contributed by atoms with Crippen LogP contribution in [0.1, 0.15) is 46.0 Å². The minimum atomic E-state index is -0.738. The largest absolute Gasteiger partial charge is 0.481 e. The Balaban J connectivity index is 1.90. The van der Waals surface area contributed by atoms with Crippen LogP contribution in [0.4, 0.5) is 0 Å². The SMILES string of the molecule is CC1CC(C(=O)N2CCCC(C(C)CC(=O)O)C2)CCN1. The molecule has 2 aliphatic heterocycles. The van der Waals surface area contributed by atoms with Crippen LogP contribution in [0.5, 0.6) is 0 Å². The molecule has 120 valence electrons. The van der Waals surface area contributed by atoms with Gasteiger partial charge in [0, 0.05) is 31.5 Å². The van der Waals surface area contributed by atoms with E-state index in [-0.39, 0.29) is 24.2 Å². The van der Waals surface area contributed by atoms with Crippen molar-refractivity contribution in [1.29, 1.82) is 0 Å². The Morgan fingerprint density at radius 3 is 2.81 bits per heavy atom. The van der Waals surface area contributed by atoms with Crippen molar-refractivity contribution >= 4 is 11.9 Å². The van der Waals surface area contributed by atoms with E-state index in [1.54, 1.807) is 0 Å². The monoisotopic (exact) mass is 296 g/mol. The highest BCUT2D eigenvalue weighted by Crippen LogP contribution is 2.28. The lowest BCUT2D eigenvalue weighted by molar-refractivity contribution is -0.140. The molecule has 2 fully saturated rings. The topological polar surface area (TPSA) is 69.6 Å². The lowest BCUT2D eigenvalue weighted by atomic mass is 9.83. The van der Waals surface area contributed by atoms with E-state index in [2.05, 4.69) is 12.2 Å². The molecule has 4 unspecified atom stereocenters. The molecule has 0 spiro atoms. The molecule has 4 atom stereocenters. The Bertz CT molecular complexity index is 386. The summed E-state index contributed by atoms with van der Waals surface area (Å²) >= 11 is 0. The second kappa shape index (κ2) is 7.25. The minimum absolute atomic E-state index is 0.144. The van der Waals surface area contributed by atoms with Crippen LogP contribution in [0.15, 0.2) is 0 Å². The van der Waals surface area contributed by atoms with Crippen LogP contribution in [0.3, 0.4) is 0 Å². The normalized spacial score (nSPS) is 31.7. The van der Waals surface area contributed by atoms with Crippen molar-refractivity contribution in [2.24, 2.45) is 17.8 Å². The molecule has 2 aliphatic rings. The number of hydrogen-bond donors (Lipinski definition) is 2. The van der Waals surface area contributed by atoms with Gasteiger partial charge in [0.25, 0.3) is 0 Å². The van der Waals surface area contributed by atoms with E-state index in [1.807, 2.05) is 11.8 Å². The zero-order valence-electron chi connectivity index (χ0n) is 13.2. The fourth-order valence-electron chi connectivity index (χ4n) is 3.73. The van der Waals surface area contributed by atoms with E-state index in [0.717, 1.165) is 45.3 Å². The van der Waals surface area contributed by atoms with Crippen molar-refractivity contribution in [2.45, 2.75) is 52.0 Å². The average Bonchev–Trinajstić information content (AvgIpc) is 2.46. The summed E-state index contributed by atoms with van der Waals surface area (Å²) < 4.78 is 0. The molecule has 1 amide bonds. The third-order valence-electron chi connectivity index (χ3n) is 5.04. The lowest BCUT2D eigenvalue weighted by Crippen LogP contribution is -2.48. The summed E-state index contributed by atoms with van der Waals surface area (Å²) in [5.41, 5.74) is 0. The summed E-state index contributed by atoms with van der Waals surface area (Å²) in [4.78, 5) is 25.5. The first kappa shape index (κ1) is 16.3. The lowest BCUT2D eigenvalue weighted by Gasteiger charge is -2.38. The minimum Gasteiger partial charge on any atom is -0.481 e. The molecular weight excluding hydrogens is 268 g/mol. The van der Waals surface area contributed by atoms with Gasteiger partial charge in [0.1, 0.15) is 0 Å². The molecule has 21 heavy (non-hydrogen) atoms. The van der Waals surface area contributed by atoms with Crippen LogP contribution in [-0.4, -0.2) is 47.6 Å². The van der Waals surface area contributed by atoms with Gasteiger partial charge in [-0.05, 0) is 51.0 Å². The Hall–Kier alpha value is -1.10. The molecule has 0 aromatic carbocycles. The highest BCUT2D eigenvalue weighted by atomic mass is 16.4. The zero-order chi connectivity index (χ0) is 15.4. The van der Waals surface area contributed by atoms with E-state index in [0.29, 0.717) is 12.0 Å². The third kappa shape index (κ3) is 4.43. The molecule has 0 aliphatic carbocycles. The van der Waals surface area contributed by atoms with E-state index in [9.17, 15) is 9.59 Å². The number of likely N-dealkylation sites (tertiary alicyclic amines) is 1. The number of carboxylic acids is 1. The molecule has 0 aromatic heterocycles. The van der Waals surface area contributed by atoms with Gasteiger partial charge >= 0.3 is 5.97 Å². The Morgan fingerprint density at radius 2 is 2.14 bits per heavy atom. The number of carboxylic acid groups (broad SMARTS) is 1. The number of piperidine rings is 2. The second-order valence-electron chi connectivity index (χ2n) is 6.84. The van der Waals surface area contributed by atoms with Crippen molar-refractivity contribution in [3.63, 3.8) is 0 Å². The summed E-state index contributed by atoms with van der Waals surface area (Å²) in [6.45, 7) is 6.63. The fourth-order valence-corrected chi connectivity index (χ4v) is 3.73. The Kier molecular flexibility index (Phi) is 5.62. The molecule has 2 N–H and O–H groups in total. The summed E-state index contributed by atoms with van der Waals surface area (Å²) in [6, 6.07) is 0.416. The van der Waals surface area contributed by atoms with Gasteiger partial charge in [0.2, 0.25) is 5.91 Å². The average molecular weight is 296 g/mol. The standard InChI is InChI=1S/C16H28N2O3/c1-11(8-15(19)20)14-4-3-7-18(10-14)16(21)13-5-6-17-12(2)9-13/h11-14,17H,3-10H2,1-2H3,(H,19,20). The third-order valence-corrected chi connectivity index (χ3v) is 5.04. The summed E-state index contributed by atoms with van der Waals surface area (Å²) in [5, 5.41) is 12.3. The van der Waals surface area contributed by atoms with Crippen molar-refractivity contribution in [3.8, 4) is 0 Å². The predicted molar refractivity (Wildman–Crippen MR) is 80.9 cm³/mol. The van der Waals surface area contributed by atoms with Gasteiger partial charge in [-0.1, -0.05) is 6.92 Å². The zero-order valence-corrected chi connectivity index (χ0v) is 13.2. The quantitative estimate of drug-likeness (QED) is 0.829. The molecule has 5 heteroatoms. The van der Waals surface area contributed by atoms with Gasteiger partial charge in [-0.3, -0.25) is 9.59 Å². The first-order valence-corrected chi connectivity index (χ1v) is 8.21. The Morgan fingerprint density at radius 1 is 1.38 bits per heavy atom. The van der Waals surface area contributed by atoms with Crippen LogP contribution in [-0.2, 0) is 9.59 Å². The van der Waals surface area contributed by atoms with Gasteiger partial charge in [-0.15, -0.1) is 0 Å². The number of rotatable bonds is 4. The molecule has 0 saturated carbocycles. The number of nitrogens with zero attached hydrogens (tertiary/aromatic N) is 1. The summed E-state index contributed by atoms with van der Waals surface area (Å²) in [7, 11) is 0. The van der Waals surface area contributed by atoms with E-state index in [1.165, 1.54) is 0 Å². The molecular formula is C16H28N2O3. The predicted octanol–water partition coefficient (Wildman–Crippen LogP) is 1.72. The maximum Gasteiger partial charge on any atom is 0.303 e. The molecule has 0 radical (unpaired) electrons. The van der Waals surface area contributed by atoms with Crippen LogP contribution in [0.2, 0.25) is 0 Å². The molecule has 2 rings (SSSR count). The summed E-state index contributed by atoms with van der Waals surface area (Å²) in [6.07, 6.45) is 4.10. The number of nitrogens with one attached hydrogen (secondary N) is 1.